The van der Waals surface area contributed by atoms with Gasteiger partial charge in [-0.25, -0.2) is 4.79 Å². The predicted octanol–water partition coefficient (Wildman–Crippen LogP) is 1.70. The Labute approximate surface area is 104 Å². The SMILES string of the molecule is COc1cc(/C=C(\O)C(=O)O)cc(OC)c1OC. The zero-order valence-corrected chi connectivity index (χ0v) is 10.3. The number of aliphatic hydroxyl groups is 1. The van der Waals surface area contributed by atoms with Crippen molar-refractivity contribution in [3.05, 3.63) is 23.5 Å². The van der Waals surface area contributed by atoms with Crippen LogP contribution in [0.3, 0.4) is 0 Å². The first-order valence-corrected chi connectivity index (χ1v) is 4.97. The highest BCUT2D eigenvalue weighted by molar-refractivity contribution is 5.89. The molecule has 0 bridgehead atoms. The molecule has 0 amide bonds. The summed E-state index contributed by atoms with van der Waals surface area (Å²) in [6.07, 6.45) is 1.09. The van der Waals surface area contributed by atoms with Crippen molar-refractivity contribution in [2.75, 3.05) is 21.3 Å². The molecule has 0 aliphatic heterocycles. The highest BCUT2D eigenvalue weighted by Crippen LogP contribution is 2.38. The maximum Gasteiger partial charge on any atom is 0.370 e. The lowest BCUT2D eigenvalue weighted by Crippen LogP contribution is -1.99. The molecule has 0 radical (unpaired) electrons. The summed E-state index contributed by atoms with van der Waals surface area (Å²) in [4.78, 5) is 10.5. The van der Waals surface area contributed by atoms with Crippen LogP contribution in [0.25, 0.3) is 6.08 Å². The summed E-state index contributed by atoms with van der Waals surface area (Å²) in [6, 6.07) is 3.06. The Balaban J connectivity index is 3.32. The number of rotatable bonds is 5. The zero-order chi connectivity index (χ0) is 13.7. The van der Waals surface area contributed by atoms with Gasteiger partial charge in [0.05, 0.1) is 21.3 Å². The minimum atomic E-state index is -1.41. The second-order valence-electron chi connectivity index (χ2n) is 3.29. The third-order valence-electron chi connectivity index (χ3n) is 2.21. The first-order chi connectivity index (χ1) is 8.53. The van der Waals surface area contributed by atoms with E-state index in [2.05, 4.69) is 0 Å². The molecular weight excluding hydrogens is 240 g/mol. The summed E-state index contributed by atoms with van der Waals surface area (Å²) in [5.41, 5.74) is 0.421. The number of carbonyl (C=O) groups is 1. The fourth-order valence-electron chi connectivity index (χ4n) is 1.40. The second kappa shape index (κ2) is 5.81. The molecule has 0 atom stereocenters. The molecule has 98 valence electrons. The van der Waals surface area contributed by atoms with Crippen molar-refractivity contribution in [1.29, 1.82) is 0 Å². The molecule has 0 heterocycles. The van der Waals surface area contributed by atoms with Gasteiger partial charge in [-0.1, -0.05) is 0 Å². The molecular formula is C12H14O6. The van der Waals surface area contributed by atoms with E-state index in [1.165, 1.54) is 33.5 Å². The second-order valence-corrected chi connectivity index (χ2v) is 3.29. The molecule has 18 heavy (non-hydrogen) atoms. The van der Waals surface area contributed by atoms with Crippen LogP contribution in [0.4, 0.5) is 0 Å². The zero-order valence-electron chi connectivity index (χ0n) is 10.3. The van der Waals surface area contributed by atoms with Crippen LogP contribution in [-0.4, -0.2) is 37.5 Å². The molecule has 1 aromatic rings. The van der Waals surface area contributed by atoms with E-state index in [1.807, 2.05) is 0 Å². The van der Waals surface area contributed by atoms with E-state index in [4.69, 9.17) is 19.3 Å². The van der Waals surface area contributed by atoms with Crippen molar-refractivity contribution in [3.63, 3.8) is 0 Å². The van der Waals surface area contributed by atoms with Gasteiger partial charge in [0.15, 0.2) is 11.5 Å². The number of hydrogen-bond donors (Lipinski definition) is 2. The Bertz CT molecular complexity index is 452. The van der Waals surface area contributed by atoms with Crippen LogP contribution in [0.1, 0.15) is 5.56 Å². The molecule has 2 N–H and O–H groups in total. The summed E-state index contributed by atoms with van der Waals surface area (Å²) < 4.78 is 15.3. The normalized spacial score (nSPS) is 10.9. The first-order valence-electron chi connectivity index (χ1n) is 4.97. The van der Waals surface area contributed by atoms with E-state index in [1.54, 1.807) is 0 Å². The number of carboxylic acid groups (broad SMARTS) is 1. The van der Waals surface area contributed by atoms with Gasteiger partial charge >= 0.3 is 5.97 Å². The number of aliphatic carboxylic acids is 1. The van der Waals surface area contributed by atoms with E-state index in [-0.39, 0.29) is 0 Å². The van der Waals surface area contributed by atoms with E-state index < -0.39 is 11.7 Å². The fraction of sp³-hybridized carbons (Fsp3) is 0.250. The Morgan fingerprint density at radius 2 is 1.56 bits per heavy atom. The summed E-state index contributed by atoms with van der Waals surface area (Å²) >= 11 is 0. The van der Waals surface area contributed by atoms with Crippen LogP contribution in [0.15, 0.2) is 17.9 Å². The highest BCUT2D eigenvalue weighted by atomic mass is 16.5. The molecule has 0 spiro atoms. The van der Waals surface area contributed by atoms with Crippen LogP contribution in [-0.2, 0) is 4.79 Å². The maximum absolute atomic E-state index is 10.5. The smallest absolute Gasteiger partial charge is 0.370 e. The van der Waals surface area contributed by atoms with Crippen molar-refractivity contribution < 1.29 is 29.2 Å². The monoisotopic (exact) mass is 254 g/mol. The van der Waals surface area contributed by atoms with Gasteiger partial charge in [-0.15, -0.1) is 0 Å². The Morgan fingerprint density at radius 3 is 1.89 bits per heavy atom. The lowest BCUT2D eigenvalue weighted by Gasteiger charge is -2.12. The van der Waals surface area contributed by atoms with Gasteiger partial charge in [0.2, 0.25) is 11.5 Å². The van der Waals surface area contributed by atoms with Crippen LogP contribution in [0.2, 0.25) is 0 Å². The Morgan fingerprint density at radius 1 is 1.06 bits per heavy atom. The van der Waals surface area contributed by atoms with Crippen molar-refractivity contribution in [1.82, 2.24) is 0 Å². The number of ether oxygens (including phenoxy) is 3. The van der Waals surface area contributed by atoms with E-state index in [9.17, 15) is 9.90 Å². The van der Waals surface area contributed by atoms with E-state index in [0.717, 1.165) is 6.08 Å². The maximum atomic E-state index is 10.5. The lowest BCUT2D eigenvalue weighted by molar-refractivity contribution is -0.135. The van der Waals surface area contributed by atoms with Crippen LogP contribution >= 0.6 is 0 Å². The minimum Gasteiger partial charge on any atom is -0.502 e. The van der Waals surface area contributed by atoms with Crippen molar-refractivity contribution in [3.8, 4) is 17.2 Å². The average Bonchev–Trinajstić information content (AvgIpc) is 2.37. The molecule has 6 heteroatoms. The van der Waals surface area contributed by atoms with E-state index in [0.29, 0.717) is 22.8 Å². The standard InChI is InChI=1S/C12H14O6/c1-16-9-5-7(4-8(13)12(14)15)6-10(17-2)11(9)18-3/h4-6,13H,1-3H3,(H,14,15)/b8-4-. The van der Waals surface area contributed by atoms with Gasteiger partial charge < -0.3 is 24.4 Å². The fourth-order valence-corrected chi connectivity index (χ4v) is 1.40. The molecule has 1 rings (SSSR count). The van der Waals surface area contributed by atoms with Crippen molar-refractivity contribution >= 4 is 12.0 Å². The van der Waals surface area contributed by atoms with Gasteiger partial charge in [-0.3, -0.25) is 0 Å². The number of methoxy groups -OCH3 is 3. The quantitative estimate of drug-likeness (QED) is 0.614. The largest absolute Gasteiger partial charge is 0.502 e. The van der Waals surface area contributed by atoms with Gasteiger partial charge in [0.1, 0.15) is 0 Å². The van der Waals surface area contributed by atoms with Crippen molar-refractivity contribution in [2.24, 2.45) is 0 Å². The molecule has 0 fully saturated rings. The van der Waals surface area contributed by atoms with Crippen LogP contribution in [0.5, 0.6) is 17.2 Å². The first kappa shape index (κ1) is 13.7. The van der Waals surface area contributed by atoms with Crippen molar-refractivity contribution in [2.45, 2.75) is 0 Å². The van der Waals surface area contributed by atoms with Gasteiger partial charge in [-0.2, -0.15) is 0 Å². The molecule has 0 saturated carbocycles. The minimum absolute atomic E-state index is 0.376. The molecule has 0 aromatic heterocycles. The highest BCUT2D eigenvalue weighted by Gasteiger charge is 2.13. The third-order valence-corrected chi connectivity index (χ3v) is 2.21. The molecule has 0 unspecified atom stereocenters. The molecule has 1 aromatic carbocycles. The Kier molecular flexibility index (Phi) is 4.42. The molecule has 0 saturated heterocycles. The Hall–Kier alpha value is -2.37. The van der Waals surface area contributed by atoms with Gasteiger partial charge in [0, 0.05) is 0 Å². The summed E-state index contributed by atoms with van der Waals surface area (Å²) in [5, 5.41) is 17.8. The summed E-state index contributed by atoms with van der Waals surface area (Å²) in [6.45, 7) is 0. The van der Waals surface area contributed by atoms with Gasteiger partial charge in [-0.05, 0) is 23.8 Å². The van der Waals surface area contributed by atoms with E-state index >= 15 is 0 Å². The third kappa shape index (κ3) is 2.85. The number of benzene rings is 1. The summed E-state index contributed by atoms with van der Waals surface area (Å²) in [5.74, 6) is -1.04. The number of hydrogen-bond acceptors (Lipinski definition) is 5. The molecule has 0 aliphatic carbocycles. The van der Waals surface area contributed by atoms with Crippen LogP contribution < -0.4 is 14.2 Å². The van der Waals surface area contributed by atoms with Gasteiger partial charge in [0.25, 0.3) is 0 Å². The average molecular weight is 254 g/mol. The predicted molar refractivity (Wildman–Crippen MR) is 64.3 cm³/mol. The number of aliphatic hydroxyl groups excluding tert-OH is 1. The molecule has 6 nitrogen and oxygen atoms in total. The lowest BCUT2D eigenvalue weighted by atomic mass is 10.1. The van der Waals surface area contributed by atoms with Crippen LogP contribution in [0, 0.1) is 0 Å². The number of carboxylic acids is 1. The molecule has 0 aliphatic rings. The topological polar surface area (TPSA) is 85.2 Å². The summed E-state index contributed by atoms with van der Waals surface area (Å²) in [7, 11) is 4.36.